The Morgan fingerprint density at radius 3 is 2.47 bits per heavy atom. The molecule has 0 saturated heterocycles. The van der Waals surface area contributed by atoms with Crippen LogP contribution in [0.1, 0.15) is 17.0 Å². The molecule has 98 valence electrons. The fraction of sp³-hybridized carbons (Fsp3) is 0.143. The molecule has 19 heavy (non-hydrogen) atoms. The Morgan fingerprint density at radius 2 is 1.89 bits per heavy atom. The summed E-state index contributed by atoms with van der Waals surface area (Å²) in [5.41, 5.74) is 8.07. The molecule has 0 unspecified atom stereocenters. The van der Waals surface area contributed by atoms with Gasteiger partial charge in [0.1, 0.15) is 16.5 Å². The zero-order valence-corrected chi connectivity index (χ0v) is 13.0. The van der Waals surface area contributed by atoms with Crippen LogP contribution in [0.15, 0.2) is 34.8 Å². The number of thiocarbonyl (C=S) groups is 1. The van der Waals surface area contributed by atoms with E-state index in [9.17, 15) is 0 Å². The first kappa shape index (κ1) is 14.0. The molecule has 0 radical (unpaired) electrons. The lowest BCUT2D eigenvalue weighted by molar-refractivity contribution is 0.479. The van der Waals surface area contributed by atoms with Gasteiger partial charge in [0.25, 0.3) is 0 Å². The fourth-order valence-electron chi connectivity index (χ4n) is 1.80. The number of ether oxygens (including phenoxy) is 1. The van der Waals surface area contributed by atoms with E-state index in [-0.39, 0.29) is 4.99 Å². The first-order valence-corrected chi connectivity index (χ1v) is 6.89. The van der Waals surface area contributed by atoms with E-state index in [0.29, 0.717) is 11.3 Å². The lowest BCUT2D eigenvalue weighted by Gasteiger charge is -2.13. The zero-order chi connectivity index (χ0) is 14.0. The van der Waals surface area contributed by atoms with Crippen LogP contribution in [0.25, 0.3) is 0 Å². The molecule has 1 aromatic heterocycles. The Hall–Kier alpha value is -1.46. The van der Waals surface area contributed by atoms with Crippen molar-refractivity contribution in [3.8, 4) is 11.5 Å². The van der Waals surface area contributed by atoms with E-state index < -0.39 is 0 Å². The first-order chi connectivity index (χ1) is 8.97. The largest absolute Gasteiger partial charge is 0.456 e. The molecular weight excluding hydrogens is 324 g/mol. The molecule has 5 heteroatoms. The maximum Gasteiger partial charge on any atom is 0.141 e. The van der Waals surface area contributed by atoms with Crippen LogP contribution in [0.3, 0.4) is 0 Å². The summed E-state index contributed by atoms with van der Waals surface area (Å²) < 4.78 is 6.86. The Morgan fingerprint density at radius 1 is 1.26 bits per heavy atom. The van der Waals surface area contributed by atoms with Crippen molar-refractivity contribution in [3.05, 3.63) is 51.8 Å². The monoisotopic (exact) mass is 336 g/mol. The number of rotatable bonds is 3. The van der Waals surface area contributed by atoms with Gasteiger partial charge in [0.15, 0.2) is 0 Å². The van der Waals surface area contributed by atoms with Gasteiger partial charge in [-0.25, -0.2) is 0 Å². The quantitative estimate of drug-likeness (QED) is 0.864. The van der Waals surface area contributed by atoms with E-state index in [2.05, 4.69) is 20.9 Å². The minimum absolute atomic E-state index is 0.289. The summed E-state index contributed by atoms with van der Waals surface area (Å²) >= 11 is 8.45. The van der Waals surface area contributed by atoms with Gasteiger partial charge in [-0.05, 0) is 38.1 Å². The number of nitrogens with zero attached hydrogens (tertiary/aromatic N) is 1. The van der Waals surface area contributed by atoms with Gasteiger partial charge < -0.3 is 10.5 Å². The second-order valence-corrected chi connectivity index (χ2v) is 5.50. The smallest absolute Gasteiger partial charge is 0.141 e. The molecule has 1 aromatic carbocycles. The van der Waals surface area contributed by atoms with Crippen molar-refractivity contribution in [2.75, 3.05) is 0 Å². The van der Waals surface area contributed by atoms with Gasteiger partial charge in [-0.15, -0.1) is 0 Å². The molecule has 0 aliphatic rings. The van der Waals surface area contributed by atoms with Crippen molar-refractivity contribution < 1.29 is 4.74 Å². The van der Waals surface area contributed by atoms with Crippen LogP contribution in [0.4, 0.5) is 0 Å². The second kappa shape index (κ2) is 5.67. The minimum Gasteiger partial charge on any atom is -0.456 e. The standard InChI is InChI=1S/C14H13BrN2OS/c1-8-7-12(13(14(16)19)9(2)17-8)18-11-5-3-10(15)4-6-11/h3-7H,1-2H3,(H2,16,19). The number of hydrogen-bond acceptors (Lipinski definition) is 3. The molecule has 2 N–H and O–H groups in total. The Labute approximate surface area is 125 Å². The minimum atomic E-state index is 0.289. The van der Waals surface area contributed by atoms with Crippen LogP contribution in [0.2, 0.25) is 0 Å². The van der Waals surface area contributed by atoms with Crippen LogP contribution in [-0.4, -0.2) is 9.97 Å². The molecule has 2 aromatic rings. The number of halogens is 1. The molecular formula is C14H13BrN2OS. The van der Waals surface area contributed by atoms with Crippen molar-refractivity contribution in [1.29, 1.82) is 0 Å². The summed E-state index contributed by atoms with van der Waals surface area (Å²) in [6, 6.07) is 9.41. The Kier molecular flexibility index (Phi) is 4.17. The van der Waals surface area contributed by atoms with Crippen molar-refractivity contribution in [2.24, 2.45) is 5.73 Å². The van der Waals surface area contributed by atoms with Crippen LogP contribution in [-0.2, 0) is 0 Å². The topological polar surface area (TPSA) is 48.1 Å². The molecule has 0 aliphatic heterocycles. The third-order valence-electron chi connectivity index (χ3n) is 2.58. The number of benzene rings is 1. The van der Waals surface area contributed by atoms with Gasteiger partial charge in [-0.2, -0.15) is 0 Å². The van der Waals surface area contributed by atoms with Crippen LogP contribution < -0.4 is 10.5 Å². The molecule has 0 spiro atoms. The average Bonchev–Trinajstić information content (AvgIpc) is 2.30. The number of pyridine rings is 1. The third-order valence-corrected chi connectivity index (χ3v) is 3.31. The summed E-state index contributed by atoms with van der Waals surface area (Å²) in [7, 11) is 0. The normalized spacial score (nSPS) is 10.3. The molecule has 1 heterocycles. The Balaban J connectivity index is 2.44. The summed E-state index contributed by atoms with van der Waals surface area (Å²) in [5, 5.41) is 0. The lowest BCUT2D eigenvalue weighted by atomic mass is 10.1. The van der Waals surface area contributed by atoms with Gasteiger partial charge >= 0.3 is 0 Å². The average molecular weight is 337 g/mol. The zero-order valence-electron chi connectivity index (χ0n) is 10.6. The van der Waals surface area contributed by atoms with Gasteiger partial charge in [0, 0.05) is 16.2 Å². The number of hydrogen-bond donors (Lipinski definition) is 1. The summed E-state index contributed by atoms with van der Waals surface area (Å²) in [6.45, 7) is 3.78. The number of nitrogens with two attached hydrogens (primary N) is 1. The van der Waals surface area contributed by atoms with Crippen molar-refractivity contribution in [3.63, 3.8) is 0 Å². The van der Waals surface area contributed by atoms with Crippen LogP contribution in [0, 0.1) is 13.8 Å². The van der Waals surface area contributed by atoms with E-state index >= 15 is 0 Å². The van der Waals surface area contributed by atoms with E-state index in [0.717, 1.165) is 21.6 Å². The maximum atomic E-state index is 5.86. The molecule has 0 aliphatic carbocycles. The van der Waals surface area contributed by atoms with Gasteiger partial charge in [0.05, 0.1) is 11.3 Å². The van der Waals surface area contributed by atoms with Crippen molar-refractivity contribution in [2.45, 2.75) is 13.8 Å². The van der Waals surface area contributed by atoms with E-state index in [4.69, 9.17) is 22.7 Å². The lowest BCUT2D eigenvalue weighted by Crippen LogP contribution is -2.14. The van der Waals surface area contributed by atoms with Gasteiger partial charge in [0.2, 0.25) is 0 Å². The van der Waals surface area contributed by atoms with Gasteiger partial charge in [-0.1, -0.05) is 28.1 Å². The predicted octanol–water partition coefficient (Wildman–Crippen LogP) is 3.89. The highest BCUT2D eigenvalue weighted by Crippen LogP contribution is 2.28. The maximum absolute atomic E-state index is 5.86. The molecule has 0 bridgehead atoms. The van der Waals surface area contributed by atoms with Gasteiger partial charge in [-0.3, -0.25) is 4.98 Å². The molecule has 0 amide bonds. The highest BCUT2D eigenvalue weighted by molar-refractivity contribution is 9.10. The number of aromatic nitrogens is 1. The van der Waals surface area contributed by atoms with E-state index in [1.54, 1.807) is 0 Å². The van der Waals surface area contributed by atoms with E-state index in [1.165, 1.54) is 0 Å². The SMILES string of the molecule is Cc1cc(Oc2ccc(Br)cc2)c(C(N)=S)c(C)n1. The number of aryl methyl sites for hydroxylation is 2. The van der Waals surface area contributed by atoms with Crippen molar-refractivity contribution in [1.82, 2.24) is 4.98 Å². The highest BCUT2D eigenvalue weighted by Gasteiger charge is 2.13. The van der Waals surface area contributed by atoms with Crippen molar-refractivity contribution >= 4 is 33.1 Å². The highest BCUT2D eigenvalue weighted by atomic mass is 79.9. The van der Waals surface area contributed by atoms with Crippen LogP contribution >= 0.6 is 28.1 Å². The fourth-order valence-corrected chi connectivity index (χ4v) is 2.32. The Bertz CT molecular complexity index is 626. The summed E-state index contributed by atoms with van der Waals surface area (Å²) in [5.74, 6) is 1.37. The molecule has 0 fully saturated rings. The molecule has 0 saturated carbocycles. The summed E-state index contributed by atoms with van der Waals surface area (Å²) in [4.78, 5) is 4.65. The predicted molar refractivity (Wildman–Crippen MR) is 83.8 cm³/mol. The van der Waals surface area contributed by atoms with E-state index in [1.807, 2.05) is 44.2 Å². The molecule has 0 atom stereocenters. The van der Waals surface area contributed by atoms with Crippen LogP contribution in [0.5, 0.6) is 11.5 Å². The first-order valence-electron chi connectivity index (χ1n) is 5.69. The molecule has 3 nitrogen and oxygen atoms in total. The second-order valence-electron chi connectivity index (χ2n) is 4.14. The third kappa shape index (κ3) is 3.30. The summed E-state index contributed by atoms with van der Waals surface area (Å²) in [6.07, 6.45) is 0. The molecule has 2 rings (SSSR count).